The number of ether oxygens (including phenoxy) is 2. The SMILES string of the molecule is CCOc1ccc(C(=O)NCC(=O)OC(C)C(=O)Nc2ccccc2C(C)CC)cc1. The average molecular weight is 427 g/mol. The van der Waals surface area contributed by atoms with Crippen molar-refractivity contribution >= 4 is 23.5 Å². The number of para-hydroxylation sites is 1. The molecule has 0 aliphatic carbocycles. The summed E-state index contributed by atoms with van der Waals surface area (Å²) in [4.78, 5) is 36.7. The molecule has 7 nitrogen and oxygen atoms in total. The van der Waals surface area contributed by atoms with Crippen molar-refractivity contribution in [3.63, 3.8) is 0 Å². The standard InChI is InChI=1S/C24H30N2O5/c1-5-16(3)20-9-7-8-10-21(20)26-23(28)17(4)31-22(27)15-25-24(29)18-11-13-19(14-12-18)30-6-2/h7-14,16-17H,5-6,15H2,1-4H3,(H,25,29)(H,26,28). The summed E-state index contributed by atoms with van der Waals surface area (Å²) in [6.07, 6.45) is -0.0641. The van der Waals surface area contributed by atoms with Crippen molar-refractivity contribution in [2.75, 3.05) is 18.5 Å². The van der Waals surface area contributed by atoms with Crippen LogP contribution in [0.25, 0.3) is 0 Å². The van der Waals surface area contributed by atoms with E-state index in [-0.39, 0.29) is 12.5 Å². The van der Waals surface area contributed by atoms with E-state index < -0.39 is 23.9 Å². The van der Waals surface area contributed by atoms with Crippen molar-refractivity contribution in [3.8, 4) is 5.75 Å². The van der Waals surface area contributed by atoms with Crippen molar-refractivity contribution in [2.45, 2.75) is 46.1 Å². The maximum atomic E-state index is 12.5. The van der Waals surface area contributed by atoms with Gasteiger partial charge in [-0.3, -0.25) is 14.4 Å². The van der Waals surface area contributed by atoms with Crippen LogP contribution < -0.4 is 15.4 Å². The third-order valence-corrected chi connectivity index (χ3v) is 4.86. The van der Waals surface area contributed by atoms with Crippen LogP contribution in [0.15, 0.2) is 48.5 Å². The van der Waals surface area contributed by atoms with E-state index in [2.05, 4.69) is 24.5 Å². The first kappa shape index (κ1) is 23.9. The Morgan fingerprint density at radius 2 is 1.65 bits per heavy atom. The van der Waals surface area contributed by atoms with Crippen molar-refractivity contribution in [3.05, 3.63) is 59.7 Å². The van der Waals surface area contributed by atoms with Crippen LogP contribution in [0.4, 0.5) is 5.69 Å². The Balaban J connectivity index is 1.85. The van der Waals surface area contributed by atoms with E-state index >= 15 is 0 Å². The molecule has 2 unspecified atom stereocenters. The largest absolute Gasteiger partial charge is 0.494 e. The Morgan fingerprint density at radius 3 is 2.29 bits per heavy atom. The van der Waals surface area contributed by atoms with Crippen LogP contribution in [0, 0.1) is 0 Å². The third-order valence-electron chi connectivity index (χ3n) is 4.86. The van der Waals surface area contributed by atoms with Crippen LogP contribution in [-0.2, 0) is 14.3 Å². The van der Waals surface area contributed by atoms with Crippen LogP contribution in [-0.4, -0.2) is 37.0 Å². The maximum Gasteiger partial charge on any atom is 0.326 e. The molecule has 2 atom stereocenters. The number of nitrogens with one attached hydrogen (secondary N) is 2. The smallest absolute Gasteiger partial charge is 0.326 e. The molecule has 0 aliphatic heterocycles. The summed E-state index contributed by atoms with van der Waals surface area (Å²) >= 11 is 0. The number of hydrogen-bond donors (Lipinski definition) is 2. The van der Waals surface area contributed by atoms with Gasteiger partial charge in [-0.25, -0.2) is 0 Å². The van der Waals surface area contributed by atoms with Crippen molar-refractivity contribution < 1.29 is 23.9 Å². The van der Waals surface area contributed by atoms with Gasteiger partial charge in [-0.15, -0.1) is 0 Å². The van der Waals surface area contributed by atoms with E-state index in [1.807, 2.05) is 31.2 Å². The highest BCUT2D eigenvalue weighted by Crippen LogP contribution is 2.26. The maximum absolute atomic E-state index is 12.5. The number of benzene rings is 2. The number of rotatable bonds is 10. The second-order valence-corrected chi connectivity index (χ2v) is 7.16. The van der Waals surface area contributed by atoms with Gasteiger partial charge in [0.1, 0.15) is 12.3 Å². The Hall–Kier alpha value is -3.35. The van der Waals surface area contributed by atoms with Gasteiger partial charge in [-0.1, -0.05) is 32.0 Å². The van der Waals surface area contributed by atoms with Crippen LogP contribution in [0.1, 0.15) is 56.0 Å². The predicted molar refractivity (Wildman–Crippen MR) is 119 cm³/mol. The van der Waals surface area contributed by atoms with Crippen LogP contribution in [0.2, 0.25) is 0 Å². The summed E-state index contributed by atoms with van der Waals surface area (Å²) in [6.45, 7) is 7.72. The third kappa shape index (κ3) is 7.13. The highest BCUT2D eigenvalue weighted by molar-refractivity contribution is 5.97. The van der Waals surface area contributed by atoms with Gasteiger partial charge in [0, 0.05) is 11.3 Å². The number of esters is 1. The molecule has 0 saturated carbocycles. The fourth-order valence-corrected chi connectivity index (χ4v) is 2.91. The fraction of sp³-hybridized carbons (Fsp3) is 0.375. The predicted octanol–water partition coefficient (Wildman–Crippen LogP) is 3.90. The Labute approximate surface area is 183 Å². The molecule has 166 valence electrons. The molecule has 0 radical (unpaired) electrons. The summed E-state index contributed by atoms with van der Waals surface area (Å²) in [6, 6.07) is 14.1. The van der Waals surface area contributed by atoms with E-state index in [4.69, 9.17) is 9.47 Å². The summed E-state index contributed by atoms with van der Waals surface area (Å²) < 4.78 is 10.5. The summed E-state index contributed by atoms with van der Waals surface area (Å²) in [5, 5.41) is 5.31. The lowest BCUT2D eigenvalue weighted by molar-refractivity contribution is -0.152. The van der Waals surface area contributed by atoms with Crippen LogP contribution >= 0.6 is 0 Å². The molecule has 31 heavy (non-hydrogen) atoms. The van der Waals surface area contributed by atoms with E-state index in [0.29, 0.717) is 23.6 Å². The molecule has 0 fully saturated rings. The summed E-state index contributed by atoms with van der Waals surface area (Å²) in [5.74, 6) is -0.598. The van der Waals surface area contributed by atoms with Crippen molar-refractivity contribution in [1.82, 2.24) is 5.32 Å². The lowest BCUT2D eigenvalue weighted by Gasteiger charge is -2.18. The average Bonchev–Trinajstić information content (AvgIpc) is 2.78. The molecule has 7 heteroatoms. The molecule has 0 heterocycles. The van der Waals surface area contributed by atoms with E-state index in [1.165, 1.54) is 6.92 Å². The first-order chi connectivity index (χ1) is 14.8. The van der Waals surface area contributed by atoms with Gasteiger partial charge in [0.15, 0.2) is 6.10 Å². The second-order valence-electron chi connectivity index (χ2n) is 7.16. The molecule has 2 aromatic rings. The zero-order chi connectivity index (χ0) is 22.8. The Kier molecular flexibility index (Phi) is 9.06. The minimum Gasteiger partial charge on any atom is -0.494 e. The van der Waals surface area contributed by atoms with Gasteiger partial charge < -0.3 is 20.1 Å². The molecule has 2 N–H and O–H groups in total. The van der Waals surface area contributed by atoms with Gasteiger partial charge in [0.25, 0.3) is 11.8 Å². The van der Waals surface area contributed by atoms with Gasteiger partial charge >= 0.3 is 5.97 Å². The van der Waals surface area contributed by atoms with Gasteiger partial charge in [0.2, 0.25) is 0 Å². The minimum atomic E-state index is -1.00. The second kappa shape index (κ2) is 11.7. The molecule has 2 rings (SSSR count). The quantitative estimate of drug-likeness (QED) is 0.562. The van der Waals surface area contributed by atoms with Crippen LogP contribution in [0.3, 0.4) is 0 Å². The topological polar surface area (TPSA) is 93.7 Å². The van der Waals surface area contributed by atoms with Gasteiger partial charge in [-0.05, 0) is 62.1 Å². The fourth-order valence-electron chi connectivity index (χ4n) is 2.91. The first-order valence-electron chi connectivity index (χ1n) is 10.5. The lowest BCUT2D eigenvalue weighted by atomic mass is 9.97. The lowest BCUT2D eigenvalue weighted by Crippen LogP contribution is -2.36. The highest BCUT2D eigenvalue weighted by Gasteiger charge is 2.20. The summed E-state index contributed by atoms with van der Waals surface area (Å²) in [5.41, 5.74) is 2.12. The normalized spacial score (nSPS) is 12.4. The molecule has 2 aromatic carbocycles. The molecule has 0 aromatic heterocycles. The minimum absolute atomic E-state index is 0.284. The molecule has 0 bridgehead atoms. The van der Waals surface area contributed by atoms with Gasteiger partial charge in [-0.2, -0.15) is 0 Å². The molecule has 2 amide bonds. The van der Waals surface area contributed by atoms with E-state index in [0.717, 1.165) is 12.0 Å². The summed E-state index contributed by atoms with van der Waals surface area (Å²) in [7, 11) is 0. The Bertz CT molecular complexity index is 895. The zero-order valence-electron chi connectivity index (χ0n) is 18.4. The number of carbonyl (C=O) groups is 3. The van der Waals surface area contributed by atoms with E-state index in [9.17, 15) is 14.4 Å². The molecular weight excluding hydrogens is 396 g/mol. The number of anilines is 1. The monoisotopic (exact) mass is 426 g/mol. The number of carbonyl (C=O) groups excluding carboxylic acids is 3. The van der Waals surface area contributed by atoms with Crippen molar-refractivity contribution in [2.24, 2.45) is 0 Å². The number of amides is 2. The van der Waals surface area contributed by atoms with Crippen LogP contribution in [0.5, 0.6) is 5.75 Å². The Morgan fingerprint density at radius 1 is 0.968 bits per heavy atom. The molecule has 0 spiro atoms. The molecular formula is C24H30N2O5. The molecule has 0 aliphatic rings. The zero-order valence-corrected chi connectivity index (χ0v) is 18.4. The van der Waals surface area contributed by atoms with E-state index in [1.54, 1.807) is 24.3 Å². The van der Waals surface area contributed by atoms with Crippen molar-refractivity contribution in [1.29, 1.82) is 0 Å². The van der Waals surface area contributed by atoms with Gasteiger partial charge in [0.05, 0.1) is 6.61 Å². The number of hydrogen-bond acceptors (Lipinski definition) is 5. The molecule has 0 saturated heterocycles. The highest BCUT2D eigenvalue weighted by atomic mass is 16.5. The first-order valence-corrected chi connectivity index (χ1v) is 10.5.